The number of rotatable bonds is 2. The molecule has 1 amide bonds. The molecule has 0 bridgehead atoms. The van der Waals surface area contributed by atoms with Gasteiger partial charge in [0, 0.05) is 5.82 Å². The summed E-state index contributed by atoms with van der Waals surface area (Å²) in [5.41, 5.74) is 5.04. The standard InChI is InChI=1S/C5H10BNO/c6-4(5(7)8)3-1-2-3/h3-4H,1-2,6H2,(H2,7,8)/t4-/m0/s1. The van der Waals surface area contributed by atoms with Crippen LogP contribution in [0.5, 0.6) is 0 Å². The highest BCUT2D eigenvalue weighted by Gasteiger charge is 2.30. The fourth-order valence-corrected chi connectivity index (χ4v) is 0.829. The van der Waals surface area contributed by atoms with E-state index in [9.17, 15) is 4.79 Å². The quantitative estimate of drug-likeness (QED) is 0.470. The van der Waals surface area contributed by atoms with Crippen LogP contribution in [0, 0.1) is 5.92 Å². The van der Waals surface area contributed by atoms with E-state index in [-0.39, 0.29) is 11.7 Å². The zero-order chi connectivity index (χ0) is 6.15. The van der Waals surface area contributed by atoms with Crippen molar-refractivity contribution in [2.75, 3.05) is 0 Å². The minimum atomic E-state index is -0.146. The minimum absolute atomic E-state index is 0.120. The van der Waals surface area contributed by atoms with Gasteiger partial charge >= 0.3 is 0 Å². The summed E-state index contributed by atoms with van der Waals surface area (Å²) >= 11 is 0. The Labute approximate surface area is 49.8 Å². The van der Waals surface area contributed by atoms with Gasteiger partial charge in [-0.2, -0.15) is 0 Å². The number of amides is 1. The summed E-state index contributed by atoms with van der Waals surface area (Å²) < 4.78 is 0. The fourth-order valence-electron chi connectivity index (χ4n) is 0.829. The van der Waals surface area contributed by atoms with Crippen molar-refractivity contribution in [3.05, 3.63) is 0 Å². The molecule has 1 atom stereocenters. The lowest BCUT2D eigenvalue weighted by Crippen LogP contribution is -2.19. The molecule has 3 heteroatoms. The summed E-state index contributed by atoms with van der Waals surface area (Å²) in [5.74, 6) is 0.593. The molecule has 0 aromatic carbocycles. The molecule has 1 rings (SSSR count). The SMILES string of the molecule is B[C@H](C(N)=O)C1CC1. The van der Waals surface area contributed by atoms with Gasteiger partial charge in [-0.1, -0.05) is 12.8 Å². The van der Waals surface area contributed by atoms with E-state index in [4.69, 9.17) is 5.73 Å². The van der Waals surface area contributed by atoms with E-state index in [2.05, 4.69) is 0 Å². The van der Waals surface area contributed by atoms with Gasteiger partial charge in [0.2, 0.25) is 5.91 Å². The predicted molar refractivity (Wildman–Crippen MR) is 34.2 cm³/mol. The Kier molecular flexibility index (Phi) is 1.28. The summed E-state index contributed by atoms with van der Waals surface area (Å²) in [6, 6.07) is 0. The van der Waals surface area contributed by atoms with E-state index in [1.807, 2.05) is 7.85 Å². The number of carbonyl (C=O) groups excluding carboxylic acids is 1. The second-order valence-corrected chi connectivity index (χ2v) is 2.53. The monoisotopic (exact) mass is 111 g/mol. The molecule has 0 unspecified atom stereocenters. The third kappa shape index (κ3) is 1.03. The molecule has 1 aliphatic rings. The number of hydrogen-bond donors (Lipinski definition) is 1. The summed E-state index contributed by atoms with van der Waals surface area (Å²) in [6.45, 7) is 0. The van der Waals surface area contributed by atoms with Crippen LogP contribution in [0.4, 0.5) is 0 Å². The third-order valence-corrected chi connectivity index (χ3v) is 1.78. The van der Waals surface area contributed by atoms with E-state index in [0.29, 0.717) is 5.92 Å². The molecule has 0 spiro atoms. The van der Waals surface area contributed by atoms with Gasteiger partial charge in [-0.05, 0) is 5.92 Å². The summed E-state index contributed by atoms with van der Waals surface area (Å²) in [7, 11) is 1.90. The van der Waals surface area contributed by atoms with Gasteiger partial charge in [0.1, 0.15) is 7.85 Å². The second-order valence-electron chi connectivity index (χ2n) is 2.53. The van der Waals surface area contributed by atoms with Crippen LogP contribution >= 0.6 is 0 Å². The van der Waals surface area contributed by atoms with Gasteiger partial charge in [-0.3, -0.25) is 4.79 Å². The Morgan fingerprint density at radius 2 is 2.25 bits per heavy atom. The molecule has 0 aliphatic heterocycles. The summed E-state index contributed by atoms with van der Waals surface area (Å²) in [4.78, 5) is 10.4. The number of nitrogens with two attached hydrogens (primary N) is 1. The van der Waals surface area contributed by atoms with Crippen LogP contribution in [-0.4, -0.2) is 13.8 Å². The van der Waals surface area contributed by atoms with E-state index >= 15 is 0 Å². The summed E-state index contributed by atoms with van der Waals surface area (Å²) in [5, 5.41) is 0. The fraction of sp³-hybridized carbons (Fsp3) is 0.800. The van der Waals surface area contributed by atoms with Crippen molar-refractivity contribution in [2.24, 2.45) is 11.7 Å². The lowest BCUT2D eigenvalue weighted by molar-refractivity contribution is -0.118. The van der Waals surface area contributed by atoms with Gasteiger partial charge in [-0.15, -0.1) is 0 Å². The Morgan fingerprint density at radius 1 is 1.75 bits per heavy atom. The highest BCUT2D eigenvalue weighted by Crippen LogP contribution is 2.38. The average Bonchev–Trinajstić information content (AvgIpc) is 2.43. The van der Waals surface area contributed by atoms with Gasteiger partial charge in [0.05, 0.1) is 0 Å². The maximum atomic E-state index is 10.4. The maximum Gasteiger partial charge on any atom is 0.212 e. The van der Waals surface area contributed by atoms with Crippen molar-refractivity contribution >= 4 is 13.8 Å². The molecule has 1 fully saturated rings. The van der Waals surface area contributed by atoms with Crippen molar-refractivity contribution in [1.29, 1.82) is 0 Å². The maximum absolute atomic E-state index is 10.4. The van der Waals surface area contributed by atoms with E-state index in [1.165, 1.54) is 12.8 Å². The number of carbonyl (C=O) groups is 1. The van der Waals surface area contributed by atoms with Gasteiger partial charge < -0.3 is 5.73 Å². The van der Waals surface area contributed by atoms with Crippen LogP contribution in [-0.2, 0) is 4.79 Å². The van der Waals surface area contributed by atoms with Crippen LogP contribution in [0.1, 0.15) is 12.8 Å². The molecular formula is C5H10BNO. The molecule has 0 radical (unpaired) electrons. The molecule has 8 heavy (non-hydrogen) atoms. The van der Waals surface area contributed by atoms with Crippen molar-refractivity contribution in [3.8, 4) is 0 Å². The largest absolute Gasteiger partial charge is 0.370 e. The van der Waals surface area contributed by atoms with Crippen LogP contribution < -0.4 is 5.73 Å². The van der Waals surface area contributed by atoms with E-state index in [0.717, 1.165) is 0 Å². The molecule has 44 valence electrons. The lowest BCUT2D eigenvalue weighted by atomic mass is 9.82. The van der Waals surface area contributed by atoms with Crippen molar-refractivity contribution in [1.82, 2.24) is 0 Å². The van der Waals surface area contributed by atoms with E-state index in [1.54, 1.807) is 0 Å². The molecule has 0 aromatic rings. The Morgan fingerprint density at radius 3 is 2.38 bits per heavy atom. The van der Waals surface area contributed by atoms with Gasteiger partial charge in [-0.25, -0.2) is 0 Å². The van der Waals surface area contributed by atoms with Crippen LogP contribution in [0.2, 0.25) is 5.82 Å². The van der Waals surface area contributed by atoms with Crippen molar-refractivity contribution in [2.45, 2.75) is 18.7 Å². The van der Waals surface area contributed by atoms with E-state index < -0.39 is 0 Å². The molecule has 2 N–H and O–H groups in total. The lowest BCUT2D eigenvalue weighted by Gasteiger charge is -2.00. The first kappa shape index (κ1) is 5.67. The molecular weight excluding hydrogens is 101 g/mol. The first-order chi connectivity index (χ1) is 3.72. The smallest absolute Gasteiger partial charge is 0.212 e. The highest BCUT2D eigenvalue weighted by molar-refractivity contribution is 6.23. The van der Waals surface area contributed by atoms with Crippen LogP contribution in [0.15, 0.2) is 0 Å². The highest BCUT2D eigenvalue weighted by atomic mass is 16.1. The molecule has 0 heterocycles. The average molecular weight is 111 g/mol. The normalized spacial score (nSPS) is 22.5. The first-order valence-electron chi connectivity index (χ1n) is 3.01. The third-order valence-electron chi connectivity index (χ3n) is 1.78. The number of primary amides is 1. The summed E-state index contributed by atoms with van der Waals surface area (Å²) in [6.07, 6.45) is 2.40. The predicted octanol–water partition coefficient (Wildman–Crippen LogP) is -0.697. The zero-order valence-electron chi connectivity index (χ0n) is 5.05. The zero-order valence-corrected chi connectivity index (χ0v) is 5.05. The van der Waals surface area contributed by atoms with Gasteiger partial charge in [0.25, 0.3) is 0 Å². The minimum Gasteiger partial charge on any atom is -0.370 e. The van der Waals surface area contributed by atoms with Gasteiger partial charge in [0.15, 0.2) is 0 Å². The molecule has 0 saturated heterocycles. The molecule has 0 aromatic heterocycles. The van der Waals surface area contributed by atoms with Crippen molar-refractivity contribution in [3.63, 3.8) is 0 Å². The van der Waals surface area contributed by atoms with Crippen LogP contribution in [0.25, 0.3) is 0 Å². The molecule has 1 saturated carbocycles. The number of hydrogen-bond acceptors (Lipinski definition) is 1. The first-order valence-corrected chi connectivity index (χ1v) is 3.01. The Bertz CT molecular complexity index is 111. The van der Waals surface area contributed by atoms with Crippen LogP contribution in [0.3, 0.4) is 0 Å². The Balaban J connectivity index is 2.32. The topological polar surface area (TPSA) is 43.1 Å². The molecule has 2 nitrogen and oxygen atoms in total. The Hall–Kier alpha value is -0.465. The second kappa shape index (κ2) is 1.80. The van der Waals surface area contributed by atoms with Crippen molar-refractivity contribution < 1.29 is 4.79 Å². The molecule has 1 aliphatic carbocycles.